The van der Waals surface area contributed by atoms with Crippen LogP contribution < -0.4 is 5.32 Å². The Morgan fingerprint density at radius 3 is 2.81 bits per heavy atom. The van der Waals surface area contributed by atoms with E-state index in [1.54, 1.807) is 11.8 Å². The number of hydrogen-bond acceptors (Lipinski definition) is 5. The Balaban J connectivity index is 1.46. The van der Waals surface area contributed by atoms with Gasteiger partial charge in [-0.3, -0.25) is 14.3 Å². The number of rotatable bonds is 6. The lowest BCUT2D eigenvalue weighted by molar-refractivity contribution is -0.146. The van der Waals surface area contributed by atoms with E-state index >= 15 is 0 Å². The molecular weight excluding hydrogens is 336 g/mol. The molecule has 1 atom stereocenters. The summed E-state index contributed by atoms with van der Waals surface area (Å²) in [6, 6.07) is 1.87. The summed E-state index contributed by atoms with van der Waals surface area (Å²) in [5, 5.41) is 7.11. The fraction of sp³-hybridized carbons (Fsp3) is 0.722. The average Bonchev–Trinajstić information content (AvgIpc) is 3.22. The molecule has 0 bridgehead atoms. The highest BCUT2D eigenvalue weighted by Gasteiger charge is 2.45. The zero-order valence-electron chi connectivity index (χ0n) is 15.6. The number of aromatic nitrogens is 2. The number of aryl methyl sites for hydroxylation is 1. The Hall–Kier alpha value is -1.93. The fourth-order valence-electron chi connectivity index (χ4n) is 3.74. The van der Waals surface area contributed by atoms with Gasteiger partial charge in [0, 0.05) is 40.0 Å². The SMILES string of the molecule is COCCNC(=O)C1CCC2(CCN(C(=O)Cc3ccn(C)n3)CC2)O1. The fourth-order valence-corrected chi connectivity index (χ4v) is 3.74. The van der Waals surface area contributed by atoms with Crippen LogP contribution in [0, 0.1) is 0 Å². The monoisotopic (exact) mass is 364 g/mol. The molecule has 0 radical (unpaired) electrons. The summed E-state index contributed by atoms with van der Waals surface area (Å²) in [5.74, 6) is 0.0398. The number of nitrogens with zero attached hydrogens (tertiary/aromatic N) is 3. The molecule has 3 rings (SSSR count). The number of methoxy groups -OCH3 is 1. The number of nitrogens with one attached hydrogen (secondary N) is 1. The largest absolute Gasteiger partial charge is 0.383 e. The minimum atomic E-state index is -0.386. The van der Waals surface area contributed by atoms with Gasteiger partial charge >= 0.3 is 0 Å². The third-order valence-electron chi connectivity index (χ3n) is 5.28. The second-order valence-electron chi connectivity index (χ2n) is 7.15. The summed E-state index contributed by atoms with van der Waals surface area (Å²) in [7, 11) is 3.45. The number of likely N-dealkylation sites (tertiary alicyclic amines) is 1. The highest BCUT2D eigenvalue weighted by atomic mass is 16.5. The zero-order chi connectivity index (χ0) is 18.6. The van der Waals surface area contributed by atoms with Crippen LogP contribution in [0.4, 0.5) is 0 Å². The van der Waals surface area contributed by atoms with Crippen LogP contribution in [-0.2, 0) is 32.5 Å². The second kappa shape index (κ2) is 8.18. The van der Waals surface area contributed by atoms with E-state index in [2.05, 4.69) is 10.4 Å². The number of carbonyl (C=O) groups is 2. The quantitative estimate of drug-likeness (QED) is 0.732. The Kier molecular flexibility index (Phi) is 5.93. The van der Waals surface area contributed by atoms with Crippen LogP contribution in [0.25, 0.3) is 0 Å². The molecule has 0 saturated carbocycles. The lowest BCUT2D eigenvalue weighted by atomic mass is 9.88. The van der Waals surface area contributed by atoms with E-state index in [0.29, 0.717) is 32.7 Å². The summed E-state index contributed by atoms with van der Waals surface area (Å²) >= 11 is 0. The zero-order valence-corrected chi connectivity index (χ0v) is 15.6. The molecule has 2 saturated heterocycles. The highest BCUT2D eigenvalue weighted by Crippen LogP contribution is 2.39. The molecule has 3 heterocycles. The van der Waals surface area contributed by atoms with Crippen molar-refractivity contribution in [2.75, 3.05) is 33.4 Å². The Morgan fingerprint density at radius 2 is 2.15 bits per heavy atom. The van der Waals surface area contributed by atoms with Gasteiger partial charge in [-0.2, -0.15) is 5.10 Å². The molecule has 1 spiro atoms. The highest BCUT2D eigenvalue weighted by molar-refractivity contribution is 5.81. The summed E-state index contributed by atoms with van der Waals surface area (Å²) in [5.41, 5.74) is 0.535. The van der Waals surface area contributed by atoms with Crippen LogP contribution >= 0.6 is 0 Å². The summed E-state index contributed by atoms with van der Waals surface area (Å²) in [4.78, 5) is 26.5. The van der Waals surface area contributed by atoms with Crippen LogP contribution in [-0.4, -0.2) is 71.6 Å². The molecule has 2 amide bonds. The van der Waals surface area contributed by atoms with Crippen LogP contribution in [0.15, 0.2) is 12.3 Å². The minimum Gasteiger partial charge on any atom is -0.383 e. The predicted octanol–water partition coefficient (Wildman–Crippen LogP) is 0.265. The van der Waals surface area contributed by atoms with Crippen LogP contribution in [0.3, 0.4) is 0 Å². The van der Waals surface area contributed by atoms with E-state index in [4.69, 9.17) is 9.47 Å². The van der Waals surface area contributed by atoms with Crippen LogP contribution in [0.5, 0.6) is 0 Å². The third kappa shape index (κ3) is 4.42. The van der Waals surface area contributed by atoms with Gasteiger partial charge in [-0.1, -0.05) is 0 Å². The van der Waals surface area contributed by atoms with Crippen molar-refractivity contribution in [3.05, 3.63) is 18.0 Å². The van der Waals surface area contributed by atoms with E-state index in [0.717, 1.165) is 31.4 Å². The predicted molar refractivity (Wildman–Crippen MR) is 94.4 cm³/mol. The average molecular weight is 364 g/mol. The molecule has 26 heavy (non-hydrogen) atoms. The van der Waals surface area contributed by atoms with Crippen molar-refractivity contribution < 1.29 is 19.1 Å². The number of carbonyl (C=O) groups excluding carboxylic acids is 2. The van der Waals surface area contributed by atoms with Crippen LogP contribution in [0.2, 0.25) is 0 Å². The van der Waals surface area contributed by atoms with Gasteiger partial charge in [0.05, 0.1) is 24.3 Å². The summed E-state index contributed by atoms with van der Waals surface area (Å²) in [6.45, 7) is 2.34. The van der Waals surface area contributed by atoms with Crippen molar-refractivity contribution in [2.45, 2.75) is 43.8 Å². The lowest BCUT2D eigenvalue weighted by Crippen LogP contribution is -2.48. The molecule has 8 nitrogen and oxygen atoms in total. The van der Waals surface area contributed by atoms with Crippen molar-refractivity contribution in [2.24, 2.45) is 7.05 Å². The first-order valence-electron chi connectivity index (χ1n) is 9.22. The van der Waals surface area contributed by atoms with Crippen molar-refractivity contribution in [1.82, 2.24) is 20.0 Å². The third-order valence-corrected chi connectivity index (χ3v) is 5.28. The van der Waals surface area contributed by atoms with Crippen molar-refractivity contribution in [1.29, 1.82) is 0 Å². The molecule has 0 aromatic carbocycles. The first kappa shape index (κ1) is 18.8. The number of piperidine rings is 1. The van der Waals surface area contributed by atoms with E-state index in [1.807, 2.05) is 24.2 Å². The maximum absolute atomic E-state index is 12.5. The van der Waals surface area contributed by atoms with Gasteiger partial charge in [0.2, 0.25) is 11.8 Å². The van der Waals surface area contributed by atoms with Crippen molar-refractivity contribution in [3.8, 4) is 0 Å². The van der Waals surface area contributed by atoms with Crippen molar-refractivity contribution >= 4 is 11.8 Å². The molecule has 1 aromatic rings. The van der Waals surface area contributed by atoms with Gasteiger partial charge in [-0.25, -0.2) is 0 Å². The molecule has 2 aliphatic rings. The molecule has 1 unspecified atom stereocenters. The van der Waals surface area contributed by atoms with E-state index in [9.17, 15) is 9.59 Å². The number of amides is 2. The minimum absolute atomic E-state index is 0.0624. The lowest BCUT2D eigenvalue weighted by Gasteiger charge is -2.39. The number of ether oxygens (including phenoxy) is 2. The summed E-state index contributed by atoms with van der Waals surface area (Å²) in [6.07, 6.45) is 4.96. The van der Waals surface area contributed by atoms with Gasteiger partial charge in [-0.15, -0.1) is 0 Å². The molecule has 8 heteroatoms. The van der Waals surface area contributed by atoms with E-state index in [-0.39, 0.29) is 23.5 Å². The molecule has 1 aromatic heterocycles. The Labute approximate surface area is 153 Å². The normalized spacial score (nSPS) is 21.9. The van der Waals surface area contributed by atoms with Crippen LogP contribution in [0.1, 0.15) is 31.4 Å². The second-order valence-corrected chi connectivity index (χ2v) is 7.15. The molecule has 2 aliphatic heterocycles. The standard InChI is InChI=1S/C18H28N4O4/c1-21-9-4-14(20-21)13-16(23)22-10-6-18(7-11-22)5-3-15(26-18)17(24)19-8-12-25-2/h4,9,15H,3,5-8,10-13H2,1-2H3,(H,19,24). The maximum atomic E-state index is 12.5. The molecule has 2 fully saturated rings. The Morgan fingerprint density at radius 1 is 1.38 bits per heavy atom. The van der Waals surface area contributed by atoms with Gasteiger partial charge < -0.3 is 19.7 Å². The smallest absolute Gasteiger partial charge is 0.249 e. The van der Waals surface area contributed by atoms with Gasteiger partial charge in [0.1, 0.15) is 6.10 Å². The topological polar surface area (TPSA) is 85.7 Å². The van der Waals surface area contributed by atoms with E-state index in [1.165, 1.54) is 0 Å². The number of hydrogen-bond donors (Lipinski definition) is 1. The first-order chi connectivity index (χ1) is 12.5. The summed E-state index contributed by atoms with van der Waals surface area (Å²) < 4.78 is 12.8. The van der Waals surface area contributed by atoms with Crippen molar-refractivity contribution in [3.63, 3.8) is 0 Å². The van der Waals surface area contributed by atoms with Gasteiger partial charge in [0.25, 0.3) is 0 Å². The molecule has 144 valence electrons. The Bertz CT molecular complexity index is 637. The van der Waals surface area contributed by atoms with Gasteiger partial charge in [0.15, 0.2) is 0 Å². The first-order valence-corrected chi connectivity index (χ1v) is 9.22. The molecule has 0 aliphatic carbocycles. The maximum Gasteiger partial charge on any atom is 0.249 e. The van der Waals surface area contributed by atoms with Gasteiger partial charge in [-0.05, 0) is 31.7 Å². The van der Waals surface area contributed by atoms with E-state index < -0.39 is 0 Å². The molecular formula is C18H28N4O4. The molecule has 1 N–H and O–H groups in total.